The number of hydrogen-bond donors (Lipinski definition) is 0. The molecule has 1 heterocycles. The summed E-state index contributed by atoms with van der Waals surface area (Å²) in [5.41, 5.74) is -1.35. The van der Waals surface area contributed by atoms with E-state index in [0.717, 1.165) is 32.4 Å². The van der Waals surface area contributed by atoms with Crippen LogP contribution in [0.2, 0.25) is 0 Å². The van der Waals surface area contributed by atoms with Crippen molar-refractivity contribution in [3.8, 4) is 0 Å². The number of nitrogens with zero attached hydrogens (tertiary/aromatic N) is 1. The average Bonchev–Trinajstić information content (AvgIpc) is 2.52. The number of carbonyl (C=O) groups excluding carboxylic acids is 1. The van der Waals surface area contributed by atoms with Crippen LogP contribution in [0.4, 0.5) is 9.18 Å². The van der Waals surface area contributed by atoms with E-state index in [2.05, 4.69) is 0 Å². The molecule has 0 atom stereocenters. The molecule has 2 rings (SSSR count). The van der Waals surface area contributed by atoms with Crippen LogP contribution in [0, 0.1) is 11.3 Å². The van der Waals surface area contributed by atoms with E-state index < -0.39 is 11.3 Å². The van der Waals surface area contributed by atoms with Gasteiger partial charge in [0, 0.05) is 13.1 Å². The SMILES string of the molecule is CC(C)(F)CCC1(C2CCCCC2)CCN(C(=O)OC(C)(C)C)CC1. The summed E-state index contributed by atoms with van der Waals surface area (Å²) >= 11 is 0. The summed E-state index contributed by atoms with van der Waals surface area (Å²) in [6.45, 7) is 10.6. The van der Waals surface area contributed by atoms with Crippen molar-refractivity contribution in [2.24, 2.45) is 11.3 Å². The number of alkyl halides is 1. The zero-order valence-electron chi connectivity index (χ0n) is 17.0. The topological polar surface area (TPSA) is 29.5 Å². The van der Waals surface area contributed by atoms with E-state index in [1.54, 1.807) is 13.8 Å². The molecule has 1 aliphatic heterocycles. The van der Waals surface area contributed by atoms with Crippen molar-refractivity contribution in [2.45, 2.75) is 104 Å². The summed E-state index contributed by atoms with van der Waals surface area (Å²) in [4.78, 5) is 14.2. The van der Waals surface area contributed by atoms with Gasteiger partial charge in [-0.25, -0.2) is 9.18 Å². The van der Waals surface area contributed by atoms with Gasteiger partial charge >= 0.3 is 6.09 Å². The van der Waals surface area contributed by atoms with Gasteiger partial charge in [-0.05, 0) is 84.5 Å². The molecular formula is C21H38FNO2. The zero-order valence-corrected chi connectivity index (χ0v) is 17.0. The van der Waals surface area contributed by atoms with Gasteiger partial charge in [-0.2, -0.15) is 0 Å². The Labute approximate surface area is 153 Å². The summed E-state index contributed by atoms with van der Waals surface area (Å²) in [5.74, 6) is 0.699. The molecule has 0 aromatic heterocycles. The first-order valence-corrected chi connectivity index (χ1v) is 10.2. The maximum absolute atomic E-state index is 14.2. The van der Waals surface area contributed by atoms with Crippen LogP contribution in [0.3, 0.4) is 0 Å². The van der Waals surface area contributed by atoms with Crippen LogP contribution >= 0.6 is 0 Å². The Morgan fingerprint density at radius 2 is 1.64 bits per heavy atom. The molecule has 1 saturated heterocycles. The minimum Gasteiger partial charge on any atom is -0.444 e. The van der Waals surface area contributed by atoms with E-state index in [0.29, 0.717) is 12.3 Å². The quantitative estimate of drug-likeness (QED) is 0.608. The van der Waals surface area contributed by atoms with Crippen LogP contribution in [0.15, 0.2) is 0 Å². The second-order valence-corrected chi connectivity index (χ2v) is 9.88. The lowest BCUT2D eigenvalue weighted by molar-refractivity contribution is -0.0146. The van der Waals surface area contributed by atoms with E-state index in [1.165, 1.54) is 32.1 Å². The van der Waals surface area contributed by atoms with Crippen molar-refractivity contribution < 1.29 is 13.9 Å². The summed E-state index contributed by atoms with van der Waals surface area (Å²) in [6, 6.07) is 0. The molecule has 0 unspecified atom stereocenters. The van der Waals surface area contributed by atoms with E-state index in [1.807, 2.05) is 25.7 Å². The Bertz CT molecular complexity index is 436. The van der Waals surface area contributed by atoms with Crippen LogP contribution in [-0.2, 0) is 4.74 Å². The van der Waals surface area contributed by atoms with Crippen LogP contribution in [0.25, 0.3) is 0 Å². The van der Waals surface area contributed by atoms with Gasteiger partial charge < -0.3 is 9.64 Å². The lowest BCUT2D eigenvalue weighted by Gasteiger charge is -2.48. The van der Waals surface area contributed by atoms with Gasteiger partial charge in [-0.3, -0.25) is 0 Å². The fraction of sp³-hybridized carbons (Fsp3) is 0.952. The highest BCUT2D eigenvalue weighted by Crippen LogP contribution is 2.49. The van der Waals surface area contributed by atoms with Crippen LogP contribution in [-0.4, -0.2) is 35.4 Å². The largest absolute Gasteiger partial charge is 0.444 e. The van der Waals surface area contributed by atoms with Gasteiger partial charge in [0.2, 0.25) is 0 Å². The van der Waals surface area contributed by atoms with Crippen LogP contribution in [0.1, 0.15) is 92.4 Å². The van der Waals surface area contributed by atoms with Crippen LogP contribution in [0.5, 0.6) is 0 Å². The van der Waals surface area contributed by atoms with Crippen molar-refractivity contribution in [1.29, 1.82) is 0 Å². The Balaban J connectivity index is 2.02. The minimum atomic E-state index is -1.11. The molecule has 2 aliphatic rings. The molecule has 0 bridgehead atoms. The Morgan fingerprint density at radius 1 is 1.08 bits per heavy atom. The van der Waals surface area contributed by atoms with E-state index in [4.69, 9.17) is 4.74 Å². The predicted molar refractivity (Wildman–Crippen MR) is 100 cm³/mol. The maximum atomic E-state index is 14.2. The number of carbonyl (C=O) groups is 1. The first kappa shape index (κ1) is 20.5. The summed E-state index contributed by atoms with van der Waals surface area (Å²) < 4.78 is 19.7. The Hall–Kier alpha value is -0.800. The number of likely N-dealkylation sites (tertiary alicyclic amines) is 1. The Morgan fingerprint density at radius 3 is 2.12 bits per heavy atom. The Kier molecular flexibility index (Phi) is 6.43. The molecule has 25 heavy (non-hydrogen) atoms. The molecule has 4 heteroatoms. The molecule has 2 fully saturated rings. The van der Waals surface area contributed by atoms with Crippen molar-refractivity contribution in [1.82, 2.24) is 4.90 Å². The summed E-state index contributed by atoms with van der Waals surface area (Å²) in [5, 5.41) is 0. The van der Waals surface area contributed by atoms with E-state index in [9.17, 15) is 9.18 Å². The second kappa shape index (κ2) is 7.84. The number of piperidine rings is 1. The molecule has 0 radical (unpaired) electrons. The molecule has 0 N–H and O–H groups in total. The van der Waals surface area contributed by atoms with Gasteiger partial charge in [-0.15, -0.1) is 0 Å². The zero-order chi connectivity index (χ0) is 18.7. The monoisotopic (exact) mass is 355 g/mol. The van der Waals surface area contributed by atoms with Crippen molar-refractivity contribution in [3.63, 3.8) is 0 Å². The fourth-order valence-corrected chi connectivity index (χ4v) is 4.58. The first-order valence-electron chi connectivity index (χ1n) is 10.2. The van der Waals surface area contributed by atoms with Gasteiger partial charge in [0.1, 0.15) is 11.3 Å². The van der Waals surface area contributed by atoms with E-state index in [-0.39, 0.29) is 11.5 Å². The standard InChI is InChI=1S/C21H38FNO2/c1-19(2,3)25-18(24)23-15-13-21(14-16-23,12-11-20(4,5)22)17-9-7-6-8-10-17/h17H,6-16H2,1-5H3. The normalized spacial score (nSPS) is 22.7. The van der Waals surface area contributed by atoms with Gasteiger partial charge in [-0.1, -0.05) is 19.3 Å². The highest BCUT2D eigenvalue weighted by atomic mass is 19.1. The third-order valence-corrected chi connectivity index (χ3v) is 6.10. The summed E-state index contributed by atoms with van der Waals surface area (Å²) in [6.07, 6.45) is 9.86. The average molecular weight is 356 g/mol. The number of hydrogen-bond acceptors (Lipinski definition) is 2. The van der Waals surface area contributed by atoms with Gasteiger partial charge in [0.15, 0.2) is 0 Å². The number of halogens is 1. The molecule has 0 aromatic rings. The highest BCUT2D eigenvalue weighted by molar-refractivity contribution is 5.68. The van der Waals surface area contributed by atoms with Crippen molar-refractivity contribution in [2.75, 3.05) is 13.1 Å². The minimum absolute atomic E-state index is 0.199. The highest BCUT2D eigenvalue weighted by Gasteiger charge is 2.43. The van der Waals surface area contributed by atoms with Gasteiger partial charge in [0.05, 0.1) is 0 Å². The van der Waals surface area contributed by atoms with E-state index >= 15 is 0 Å². The molecule has 3 nitrogen and oxygen atoms in total. The first-order chi connectivity index (χ1) is 11.5. The third-order valence-electron chi connectivity index (χ3n) is 6.10. The lowest BCUT2D eigenvalue weighted by atomic mass is 9.61. The van der Waals surface area contributed by atoms with Gasteiger partial charge in [0.25, 0.3) is 0 Å². The van der Waals surface area contributed by atoms with Crippen LogP contribution < -0.4 is 0 Å². The maximum Gasteiger partial charge on any atom is 0.410 e. The molecular weight excluding hydrogens is 317 g/mol. The molecule has 146 valence electrons. The summed E-state index contributed by atoms with van der Waals surface area (Å²) in [7, 11) is 0. The molecule has 1 saturated carbocycles. The fourth-order valence-electron chi connectivity index (χ4n) is 4.58. The van der Waals surface area contributed by atoms with Crippen molar-refractivity contribution >= 4 is 6.09 Å². The molecule has 0 spiro atoms. The lowest BCUT2D eigenvalue weighted by Crippen LogP contribution is -2.48. The smallest absolute Gasteiger partial charge is 0.410 e. The second-order valence-electron chi connectivity index (χ2n) is 9.88. The number of rotatable bonds is 4. The van der Waals surface area contributed by atoms with Crippen molar-refractivity contribution in [3.05, 3.63) is 0 Å². The third kappa shape index (κ3) is 6.14. The molecule has 1 amide bonds. The predicted octanol–water partition coefficient (Wildman–Crippen LogP) is 6.11. The number of amides is 1. The molecule has 1 aliphatic carbocycles. The number of ether oxygens (including phenoxy) is 1. The molecule has 0 aromatic carbocycles.